The van der Waals surface area contributed by atoms with Crippen LogP contribution in [-0.2, 0) is 87.1 Å². The third kappa shape index (κ3) is 32.8. The fourth-order valence-corrected chi connectivity index (χ4v) is 5.73. The molecule has 6 rings (SSSR count). The average Bonchev–Trinajstić information content (AvgIpc) is 3.37. The molecule has 2 aromatic carbocycles. The van der Waals surface area contributed by atoms with Gasteiger partial charge in [0.05, 0.1) is 132 Å². The van der Waals surface area contributed by atoms with Crippen molar-refractivity contribution in [3.63, 3.8) is 0 Å². The van der Waals surface area contributed by atoms with E-state index in [0.29, 0.717) is 206 Å². The minimum absolute atomic E-state index is 0.346. The van der Waals surface area contributed by atoms with E-state index in [1.54, 1.807) is 0 Å². The van der Waals surface area contributed by atoms with Crippen molar-refractivity contribution in [1.82, 2.24) is 0 Å². The van der Waals surface area contributed by atoms with Crippen molar-refractivity contribution in [3.8, 4) is 23.0 Å². The summed E-state index contributed by atoms with van der Waals surface area (Å²) in [5.41, 5.74) is 0. The molecular formula is C48H64Cl4O16Ru2. The fraction of sp³-hybridized carbons (Fsp3) is 0.500. The van der Waals surface area contributed by atoms with Crippen LogP contribution in [0.3, 0.4) is 0 Å². The van der Waals surface area contributed by atoms with E-state index in [1.165, 1.54) is 0 Å². The van der Waals surface area contributed by atoms with Crippen LogP contribution in [0.1, 0.15) is 0 Å². The van der Waals surface area contributed by atoms with Gasteiger partial charge in [-0.25, -0.2) is 0 Å². The zero-order valence-corrected chi connectivity index (χ0v) is 45.5. The van der Waals surface area contributed by atoms with Gasteiger partial charge in [0.2, 0.25) is 0 Å². The monoisotopic (exact) mass is 1240 g/mol. The van der Waals surface area contributed by atoms with E-state index in [-0.39, 0.29) is 30.3 Å². The third-order valence-electron chi connectivity index (χ3n) is 8.77. The average molecular weight is 1240 g/mol. The van der Waals surface area contributed by atoms with Crippen molar-refractivity contribution in [2.45, 2.75) is 0 Å². The van der Waals surface area contributed by atoms with Crippen LogP contribution < -0.4 is 18.9 Å². The molecule has 2 aliphatic carbocycles. The normalized spacial score (nSPS) is 21.7. The first-order valence-electron chi connectivity index (χ1n) is 22.4. The predicted molar refractivity (Wildman–Crippen MR) is 256 cm³/mol. The van der Waals surface area contributed by atoms with E-state index < -0.39 is 0 Å². The van der Waals surface area contributed by atoms with Gasteiger partial charge in [0, 0.05) is 25.7 Å². The Morgan fingerprint density at radius 3 is 0.586 bits per heavy atom. The summed E-state index contributed by atoms with van der Waals surface area (Å²) in [5, 5.41) is 0. The van der Waals surface area contributed by atoms with Gasteiger partial charge in [0.15, 0.2) is 23.0 Å². The van der Waals surface area contributed by atoms with Crippen LogP contribution in [0.4, 0.5) is 0 Å². The molecule has 4 aliphatic rings. The van der Waals surface area contributed by atoms with Crippen molar-refractivity contribution >= 4 is 38.8 Å². The topological polar surface area (TPSA) is 148 Å². The van der Waals surface area contributed by atoms with Gasteiger partial charge in [-0.2, -0.15) is 0 Å². The van der Waals surface area contributed by atoms with Gasteiger partial charge in [-0.15, -0.1) is 0 Å². The van der Waals surface area contributed by atoms with Gasteiger partial charge in [-0.1, -0.05) is 24.3 Å². The van der Waals surface area contributed by atoms with E-state index in [2.05, 4.69) is 0 Å². The number of para-hydroxylation sites is 4. The summed E-state index contributed by atoms with van der Waals surface area (Å²) in [6.07, 6.45) is 17.8. The van der Waals surface area contributed by atoms with Crippen LogP contribution in [0.2, 0.25) is 0 Å². The Labute approximate surface area is 447 Å². The molecule has 0 spiro atoms. The van der Waals surface area contributed by atoms with Crippen molar-refractivity contribution in [1.29, 1.82) is 0 Å². The van der Waals surface area contributed by atoms with E-state index in [0.717, 1.165) is 0 Å². The maximum absolute atomic E-state index is 5.78. The van der Waals surface area contributed by atoms with Gasteiger partial charge in [-0.05, 0) is 49.9 Å². The molecule has 0 atom stereocenters. The zero-order chi connectivity index (χ0) is 49.6. The molecule has 22 heteroatoms. The van der Waals surface area contributed by atoms with Crippen LogP contribution in [0.15, 0.2) is 48.5 Å². The Balaban J connectivity index is 0.000000333. The van der Waals surface area contributed by atoms with Gasteiger partial charge in [0.25, 0.3) is 0 Å². The van der Waals surface area contributed by atoms with Crippen molar-refractivity contribution in [2.75, 3.05) is 159 Å². The summed E-state index contributed by atoms with van der Waals surface area (Å²) in [4.78, 5) is 0. The molecule has 2 aliphatic heterocycles. The predicted octanol–water partition coefficient (Wildman–Crippen LogP) is 7.66. The molecule has 2 heterocycles. The molecule has 16 nitrogen and oxygen atoms in total. The first kappa shape index (κ1) is 63.9. The summed E-state index contributed by atoms with van der Waals surface area (Å²) in [7, 11) is 19.4. The third-order valence-corrected chi connectivity index (χ3v) is 8.77. The summed E-state index contributed by atoms with van der Waals surface area (Å²) in [6.45, 7) is 11.0. The Morgan fingerprint density at radius 1 is 0.243 bits per heavy atom. The summed E-state index contributed by atoms with van der Waals surface area (Å²) >= 11 is -0.691. The standard InChI is InChI=1S/2C24H32O8.4ClH.2Ru/c2*1-2-6-22-21(5-1)29-17-13-25-9-10-27-15-19-31-23-7-3-4-8-24(23)32-20-16-28-12-11-26-14-18-30-22;;;;;;/h2*1-8H,9-20H2;4*1H;;/q;;;;;;2*+2/p-4. The molecule has 12 radical (unpaired) electrons. The SMILES string of the molecule is [CH]1[CH][CH][C]2OCCOCCOCCOc3ccccc3OCCOCCOCCO[C]2[CH]1.[CH]1[CH][CH][C]2OCCOCCOCCOc3ccccc3OCCOCCOCCO[C]2[CH]1.[Cl][Ru][Cl].[Cl][Ru][Cl]. The molecule has 0 saturated heterocycles. The Morgan fingerprint density at radius 2 is 0.400 bits per heavy atom. The van der Waals surface area contributed by atoms with Crippen LogP contribution in [0.25, 0.3) is 0 Å². The molecule has 396 valence electrons. The first-order valence-corrected chi connectivity index (χ1v) is 31.4. The summed E-state index contributed by atoms with van der Waals surface area (Å²) < 4.78 is 90.7. The Hall–Kier alpha value is -0.433. The van der Waals surface area contributed by atoms with Crippen LogP contribution in [0, 0.1) is 75.8 Å². The molecule has 0 bridgehead atoms. The van der Waals surface area contributed by atoms with E-state index in [9.17, 15) is 0 Å². The van der Waals surface area contributed by atoms with Crippen molar-refractivity contribution in [2.24, 2.45) is 0 Å². The number of hydrogen-bond acceptors (Lipinski definition) is 16. The number of ether oxygens (including phenoxy) is 16. The molecule has 0 N–H and O–H groups in total. The number of hydrogen-bond donors (Lipinski definition) is 0. The number of benzene rings is 2. The van der Waals surface area contributed by atoms with E-state index in [4.69, 9.17) is 115 Å². The summed E-state index contributed by atoms with van der Waals surface area (Å²) in [6, 6.07) is 15.1. The Kier molecular flexibility index (Phi) is 42.9. The number of halogens is 4. The zero-order valence-electron chi connectivity index (χ0n) is 39.0. The minimum atomic E-state index is -0.346. The van der Waals surface area contributed by atoms with Crippen molar-refractivity contribution in [3.05, 3.63) is 124 Å². The summed E-state index contributed by atoms with van der Waals surface area (Å²) in [5.74, 6) is 2.73. The van der Waals surface area contributed by atoms with E-state index in [1.807, 2.05) is 99.9 Å². The number of rotatable bonds is 0. The second kappa shape index (κ2) is 47.0. The van der Waals surface area contributed by atoms with Crippen LogP contribution in [0.5, 0.6) is 23.0 Å². The molecule has 0 aromatic heterocycles. The second-order valence-electron chi connectivity index (χ2n) is 13.6. The quantitative estimate of drug-likeness (QED) is 0.238. The molecule has 2 saturated carbocycles. The second-order valence-corrected chi connectivity index (χ2v) is 18.9. The van der Waals surface area contributed by atoms with Gasteiger partial charge in [0.1, 0.15) is 50.8 Å². The van der Waals surface area contributed by atoms with Gasteiger partial charge >= 0.3 is 69.1 Å². The molecule has 70 heavy (non-hydrogen) atoms. The van der Waals surface area contributed by atoms with Crippen LogP contribution in [-0.4, -0.2) is 159 Å². The maximum atomic E-state index is 5.78. The fourth-order valence-electron chi connectivity index (χ4n) is 5.73. The van der Waals surface area contributed by atoms with Crippen LogP contribution >= 0.6 is 38.8 Å². The van der Waals surface area contributed by atoms with Gasteiger partial charge in [-0.3, -0.25) is 0 Å². The van der Waals surface area contributed by atoms with Gasteiger partial charge < -0.3 is 75.8 Å². The first-order chi connectivity index (χ1) is 34.7. The molecule has 0 unspecified atom stereocenters. The van der Waals surface area contributed by atoms with E-state index >= 15 is 0 Å². The molecule has 0 amide bonds. The molecule has 2 fully saturated rings. The molecule has 2 aromatic rings. The Bertz CT molecular complexity index is 1270. The number of fused-ring (bicyclic) bond motifs is 4. The molecular weight excluding hydrogens is 1180 g/mol. The van der Waals surface area contributed by atoms with Crippen molar-refractivity contribution < 1.29 is 106 Å².